The highest BCUT2D eigenvalue weighted by Crippen LogP contribution is 2.37. The van der Waals surface area contributed by atoms with E-state index in [0.717, 1.165) is 12.8 Å². The lowest BCUT2D eigenvalue weighted by atomic mass is 9.71. The molecule has 1 rings (SSSR count). The van der Waals surface area contributed by atoms with Crippen molar-refractivity contribution in [1.29, 1.82) is 0 Å². The van der Waals surface area contributed by atoms with E-state index in [2.05, 4.69) is 26.1 Å². The van der Waals surface area contributed by atoms with Crippen molar-refractivity contribution in [2.45, 2.75) is 78.9 Å². The van der Waals surface area contributed by atoms with Gasteiger partial charge in [0.25, 0.3) is 0 Å². The molecule has 1 aliphatic rings. The maximum absolute atomic E-state index is 11.7. The van der Waals surface area contributed by atoms with Crippen LogP contribution < -0.4 is 5.32 Å². The molecule has 2 unspecified atom stereocenters. The van der Waals surface area contributed by atoms with Crippen LogP contribution >= 0.6 is 0 Å². The molecule has 0 saturated heterocycles. The van der Waals surface area contributed by atoms with E-state index < -0.39 is 5.60 Å². The molecule has 0 aromatic heterocycles. The maximum atomic E-state index is 11.7. The molecule has 0 aromatic rings. The van der Waals surface area contributed by atoms with Gasteiger partial charge < -0.3 is 10.1 Å². The number of rotatable bonds is 1. The second-order valence-corrected chi connectivity index (χ2v) is 7.57. The Bertz CT molecular complexity index is 286. The second kappa shape index (κ2) is 5.50. The Morgan fingerprint density at radius 3 is 2.22 bits per heavy atom. The summed E-state index contributed by atoms with van der Waals surface area (Å²) in [5.74, 6) is 0.686. The number of alkyl carbamates (subject to hydrolysis) is 1. The summed E-state index contributed by atoms with van der Waals surface area (Å²) in [6.45, 7) is 12.5. The quantitative estimate of drug-likeness (QED) is 0.765. The predicted molar refractivity (Wildman–Crippen MR) is 74.6 cm³/mol. The van der Waals surface area contributed by atoms with Gasteiger partial charge in [-0.15, -0.1) is 0 Å². The summed E-state index contributed by atoms with van der Waals surface area (Å²) < 4.78 is 5.31. The van der Waals surface area contributed by atoms with Gasteiger partial charge in [0.1, 0.15) is 5.60 Å². The molecule has 1 aliphatic carbocycles. The Morgan fingerprint density at radius 2 is 1.72 bits per heavy atom. The summed E-state index contributed by atoms with van der Waals surface area (Å²) in [6, 6.07) is 0.276. The highest BCUT2D eigenvalue weighted by molar-refractivity contribution is 5.68. The Hall–Kier alpha value is -0.730. The standard InChI is InChI=1S/C15H29NO2/c1-14(2,3)11-8-7-9-12(10-11)16-13(17)18-15(4,5)6/h11-12H,7-10H2,1-6H3,(H,16,17). The molecule has 0 aliphatic heterocycles. The van der Waals surface area contributed by atoms with Crippen molar-refractivity contribution in [2.24, 2.45) is 11.3 Å². The molecule has 2 atom stereocenters. The molecule has 0 heterocycles. The van der Waals surface area contributed by atoms with E-state index in [0.29, 0.717) is 11.3 Å². The largest absolute Gasteiger partial charge is 0.444 e. The number of carbonyl (C=O) groups excluding carboxylic acids is 1. The van der Waals surface area contributed by atoms with Crippen LogP contribution in [0.25, 0.3) is 0 Å². The highest BCUT2D eigenvalue weighted by atomic mass is 16.6. The first kappa shape index (κ1) is 15.3. The SMILES string of the molecule is CC(C)(C)OC(=O)NC1CCCC(C(C)(C)C)C1. The van der Waals surface area contributed by atoms with Crippen LogP contribution in [-0.2, 0) is 4.74 Å². The lowest BCUT2D eigenvalue weighted by molar-refractivity contribution is 0.0464. The van der Waals surface area contributed by atoms with Crippen molar-refractivity contribution in [3.05, 3.63) is 0 Å². The van der Waals surface area contributed by atoms with Crippen LogP contribution in [0.1, 0.15) is 67.2 Å². The van der Waals surface area contributed by atoms with E-state index in [-0.39, 0.29) is 12.1 Å². The molecular weight excluding hydrogens is 226 g/mol. The van der Waals surface area contributed by atoms with Gasteiger partial charge in [-0.25, -0.2) is 4.79 Å². The van der Waals surface area contributed by atoms with Crippen LogP contribution in [0.2, 0.25) is 0 Å². The predicted octanol–water partition coefficient (Wildman–Crippen LogP) is 4.12. The lowest BCUT2D eigenvalue weighted by Crippen LogP contribution is -2.43. The number of nitrogens with one attached hydrogen (secondary N) is 1. The van der Waals surface area contributed by atoms with Crippen LogP contribution in [0.4, 0.5) is 4.79 Å². The summed E-state index contributed by atoms with van der Waals surface area (Å²) >= 11 is 0. The zero-order valence-electron chi connectivity index (χ0n) is 12.8. The van der Waals surface area contributed by atoms with Crippen molar-refractivity contribution < 1.29 is 9.53 Å². The summed E-state index contributed by atoms with van der Waals surface area (Å²) in [4.78, 5) is 11.7. The summed E-state index contributed by atoms with van der Waals surface area (Å²) in [6.07, 6.45) is 4.34. The Kier molecular flexibility index (Phi) is 4.68. The van der Waals surface area contributed by atoms with Crippen molar-refractivity contribution in [2.75, 3.05) is 0 Å². The van der Waals surface area contributed by atoms with Crippen molar-refractivity contribution in [3.8, 4) is 0 Å². The van der Waals surface area contributed by atoms with E-state index in [1.54, 1.807) is 0 Å². The van der Waals surface area contributed by atoms with Crippen molar-refractivity contribution >= 4 is 6.09 Å². The molecule has 1 saturated carbocycles. The van der Waals surface area contributed by atoms with E-state index in [1.165, 1.54) is 12.8 Å². The van der Waals surface area contributed by atoms with Gasteiger partial charge in [0, 0.05) is 6.04 Å². The Labute approximate surface area is 112 Å². The first-order valence-electron chi connectivity index (χ1n) is 7.07. The van der Waals surface area contributed by atoms with E-state index in [9.17, 15) is 4.79 Å². The molecule has 0 bridgehead atoms. The third-order valence-electron chi connectivity index (χ3n) is 3.62. The fraction of sp³-hybridized carbons (Fsp3) is 0.933. The fourth-order valence-corrected chi connectivity index (χ4v) is 2.58. The van der Waals surface area contributed by atoms with Gasteiger partial charge in [-0.2, -0.15) is 0 Å². The molecule has 1 N–H and O–H groups in total. The van der Waals surface area contributed by atoms with Crippen LogP contribution in [-0.4, -0.2) is 17.7 Å². The van der Waals surface area contributed by atoms with Gasteiger partial charge in [0.2, 0.25) is 0 Å². The molecule has 1 fully saturated rings. The number of carbonyl (C=O) groups is 1. The molecule has 3 heteroatoms. The maximum Gasteiger partial charge on any atom is 0.407 e. The summed E-state index contributed by atoms with van der Waals surface area (Å²) in [5.41, 5.74) is -0.0868. The number of hydrogen-bond acceptors (Lipinski definition) is 2. The van der Waals surface area contributed by atoms with Crippen LogP contribution in [0.15, 0.2) is 0 Å². The average molecular weight is 255 g/mol. The van der Waals surface area contributed by atoms with Gasteiger partial charge in [0.05, 0.1) is 0 Å². The molecule has 0 radical (unpaired) electrons. The molecule has 1 amide bonds. The van der Waals surface area contributed by atoms with Crippen molar-refractivity contribution in [3.63, 3.8) is 0 Å². The fourth-order valence-electron chi connectivity index (χ4n) is 2.58. The van der Waals surface area contributed by atoms with Crippen LogP contribution in [0.3, 0.4) is 0 Å². The molecule has 18 heavy (non-hydrogen) atoms. The summed E-state index contributed by atoms with van der Waals surface area (Å²) in [7, 11) is 0. The van der Waals surface area contributed by atoms with E-state index >= 15 is 0 Å². The molecule has 3 nitrogen and oxygen atoms in total. The Morgan fingerprint density at radius 1 is 1.11 bits per heavy atom. The normalized spacial score (nSPS) is 25.7. The third-order valence-corrected chi connectivity index (χ3v) is 3.62. The van der Waals surface area contributed by atoms with Gasteiger partial charge in [0.15, 0.2) is 0 Å². The zero-order chi connectivity index (χ0) is 14.0. The minimum atomic E-state index is -0.415. The molecule has 106 valence electrons. The molecular formula is C15H29NO2. The second-order valence-electron chi connectivity index (χ2n) is 7.57. The van der Waals surface area contributed by atoms with E-state index in [1.807, 2.05) is 20.8 Å². The highest BCUT2D eigenvalue weighted by Gasteiger charge is 2.31. The van der Waals surface area contributed by atoms with Crippen LogP contribution in [0.5, 0.6) is 0 Å². The van der Waals surface area contributed by atoms with Crippen molar-refractivity contribution in [1.82, 2.24) is 5.32 Å². The topological polar surface area (TPSA) is 38.3 Å². The monoisotopic (exact) mass is 255 g/mol. The number of hydrogen-bond donors (Lipinski definition) is 1. The summed E-state index contributed by atoms with van der Waals surface area (Å²) in [5, 5.41) is 3.02. The zero-order valence-corrected chi connectivity index (χ0v) is 12.8. The average Bonchev–Trinajstić information content (AvgIpc) is 2.13. The van der Waals surface area contributed by atoms with Gasteiger partial charge in [-0.1, -0.05) is 27.2 Å². The van der Waals surface area contributed by atoms with Crippen LogP contribution in [0, 0.1) is 11.3 Å². The first-order valence-corrected chi connectivity index (χ1v) is 7.07. The molecule has 0 spiro atoms. The number of amides is 1. The van der Waals surface area contributed by atoms with Gasteiger partial charge >= 0.3 is 6.09 Å². The Balaban J connectivity index is 2.46. The third kappa shape index (κ3) is 5.28. The smallest absolute Gasteiger partial charge is 0.407 e. The first-order chi connectivity index (χ1) is 8.08. The number of ether oxygens (including phenoxy) is 1. The van der Waals surface area contributed by atoms with E-state index in [4.69, 9.17) is 4.74 Å². The minimum absolute atomic E-state index is 0.276. The van der Waals surface area contributed by atoms with Gasteiger partial charge in [-0.3, -0.25) is 0 Å². The minimum Gasteiger partial charge on any atom is -0.444 e. The lowest BCUT2D eigenvalue weighted by Gasteiger charge is -2.38. The molecule has 0 aromatic carbocycles. The van der Waals surface area contributed by atoms with Gasteiger partial charge in [-0.05, 0) is 51.4 Å².